The van der Waals surface area contributed by atoms with Gasteiger partial charge in [-0.2, -0.15) is 5.26 Å². The fourth-order valence-electron chi connectivity index (χ4n) is 3.18. The monoisotopic (exact) mass is 457 g/mol. The normalized spacial score (nSPS) is 11.7. The van der Waals surface area contributed by atoms with Crippen LogP contribution in [-0.4, -0.2) is 17.9 Å². The predicted octanol–water partition coefficient (Wildman–Crippen LogP) is 4.97. The molecule has 3 aromatic rings. The van der Waals surface area contributed by atoms with Crippen LogP contribution in [0.1, 0.15) is 29.7 Å². The van der Waals surface area contributed by atoms with Gasteiger partial charge >= 0.3 is 0 Å². The molecule has 0 spiro atoms. The van der Waals surface area contributed by atoms with Crippen LogP contribution in [0.25, 0.3) is 6.08 Å². The van der Waals surface area contributed by atoms with E-state index in [2.05, 4.69) is 5.32 Å². The van der Waals surface area contributed by atoms with Gasteiger partial charge < -0.3 is 14.8 Å². The molecule has 3 aromatic carbocycles. The Labute approximate surface area is 197 Å². The summed E-state index contributed by atoms with van der Waals surface area (Å²) in [6.45, 7) is 2.04. The van der Waals surface area contributed by atoms with E-state index in [0.29, 0.717) is 17.1 Å². The summed E-state index contributed by atoms with van der Waals surface area (Å²) in [7, 11) is 1.49. The van der Waals surface area contributed by atoms with Crippen LogP contribution in [0.2, 0.25) is 0 Å². The second-order valence-electron chi connectivity index (χ2n) is 7.40. The van der Waals surface area contributed by atoms with Crippen molar-refractivity contribution in [2.45, 2.75) is 19.6 Å². The van der Waals surface area contributed by atoms with Crippen LogP contribution in [0, 0.1) is 21.4 Å². The number of nitro groups is 1. The Kier molecular flexibility index (Phi) is 7.97. The lowest BCUT2D eigenvalue weighted by atomic mass is 10.1. The van der Waals surface area contributed by atoms with Crippen molar-refractivity contribution in [1.82, 2.24) is 5.32 Å². The summed E-state index contributed by atoms with van der Waals surface area (Å²) < 4.78 is 11.2. The number of carbonyl (C=O) groups is 1. The molecule has 0 unspecified atom stereocenters. The van der Waals surface area contributed by atoms with Crippen molar-refractivity contribution in [3.05, 3.63) is 105 Å². The number of amides is 1. The summed E-state index contributed by atoms with van der Waals surface area (Å²) in [6, 6.07) is 22.3. The number of rotatable bonds is 9. The van der Waals surface area contributed by atoms with Gasteiger partial charge in [0.25, 0.3) is 11.6 Å². The fourth-order valence-corrected chi connectivity index (χ4v) is 3.18. The van der Waals surface area contributed by atoms with Gasteiger partial charge in [0.15, 0.2) is 11.5 Å². The van der Waals surface area contributed by atoms with Gasteiger partial charge in [0.2, 0.25) is 0 Å². The van der Waals surface area contributed by atoms with Crippen LogP contribution < -0.4 is 14.8 Å². The lowest BCUT2D eigenvalue weighted by Gasteiger charge is -2.14. The average molecular weight is 457 g/mol. The molecule has 0 fully saturated rings. The van der Waals surface area contributed by atoms with E-state index >= 15 is 0 Å². The maximum Gasteiger partial charge on any atom is 0.269 e. The SMILES string of the molecule is COc1cc(/C=C(\C#N)C(=O)N[C@@H](C)c2ccccc2)ccc1OCc1ccc([N+](=O)[O-])cc1. The summed E-state index contributed by atoms with van der Waals surface area (Å²) in [6.07, 6.45) is 1.48. The third-order valence-electron chi connectivity index (χ3n) is 5.05. The Morgan fingerprint density at radius 1 is 1.12 bits per heavy atom. The number of benzene rings is 3. The number of nitrogens with one attached hydrogen (secondary N) is 1. The summed E-state index contributed by atoms with van der Waals surface area (Å²) in [5, 5.41) is 23.1. The molecule has 0 aliphatic carbocycles. The highest BCUT2D eigenvalue weighted by molar-refractivity contribution is 6.01. The topological polar surface area (TPSA) is 114 Å². The zero-order valence-corrected chi connectivity index (χ0v) is 18.7. The molecule has 3 rings (SSSR count). The Hall–Kier alpha value is -4.64. The second-order valence-corrected chi connectivity index (χ2v) is 7.40. The van der Waals surface area contributed by atoms with Crippen molar-refractivity contribution in [3.8, 4) is 17.6 Å². The van der Waals surface area contributed by atoms with E-state index in [1.165, 1.54) is 25.3 Å². The van der Waals surface area contributed by atoms with Crippen LogP contribution in [0.15, 0.2) is 78.4 Å². The molecule has 0 bridgehead atoms. The molecule has 0 aromatic heterocycles. The molecule has 0 radical (unpaired) electrons. The van der Waals surface area contributed by atoms with Gasteiger partial charge in [-0.3, -0.25) is 14.9 Å². The zero-order chi connectivity index (χ0) is 24.5. The van der Waals surface area contributed by atoms with Gasteiger partial charge in [0, 0.05) is 12.1 Å². The molecule has 0 saturated carbocycles. The van der Waals surface area contributed by atoms with Crippen molar-refractivity contribution in [3.63, 3.8) is 0 Å². The van der Waals surface area contributed by atoms with Gasteiger partial charge in [-0.25, -0.2) is 0 Å². The van der Waals surface area contributed by atoms with Gasteiger partial charge in [-0.05, 0) is 54.0 Å². The minimum atomic E-state index is -0.476. The number of ether oxygens (including phenoxy) is 2. The van der Waals surface area contributed by atoms with E-state index in [9.17, 15) is 20.2 Å². The molecule has 0 aliphatic heterocycles. The third kappa shape index (κ3) is 6.20. The molecular formula is C26H23N3O5. The zero-order valence-electron chi connectivity index (χ0n) is 18.7. The Bertz CT molecular complexity index is 1230. The Morgan fingerprint density at radius 3 is 2.44 bits per heavy atom. The number of nitrogens with zero attached hydrogens (tertiary/aromatic N) is 2. The van der Waals surface area contributed by atoms with Crippen LogP contribution in [0.4, 0.5) is 5.69 Å². The minimum Gasteiger partial charge on any atom is -0.493 e. The first-order chi connectivity index (χ1) is 16.4. The van der Waals surface area contributed by atoms with Crippen LogP contribution in [-0.2, 0) is 11.4 Å². The Balaban J connectivity index is 1.70. The van der Waals surface area contributed by atoms with E-state index in [-0.39, 0.29) is 23.9 Å². The molecule has 172 valence electrons. The van der Waals surface area contributed by atoms with Crippen molar-refractivity contribution in [2.75, 3.05) is 7.11 Å². The molecular weight excluding hydrogens is 434 g/mol. The first-order valence-electron chi connectivity index (χ1n) is 10.4. The number of hydrogen-bond acceptors (Lipinski definition) is 6. The molecule has 8 heteroatoms. The quantitative estimate of drug-likeness (QED) is 0.210. The lowest BCUT2D eigenvalue weighted by molar-refractivity contribution is -0.384. The minimum absolute atomic E-state index is 0.00738. The predicted molar refractivity (Wildman–Crippen MR) is 127 cm³/mol. The molecule has 0 aliphatic rings. The number of carbonyl (C=O) groups excluding carboxylic acids is 1. The number of nitro benzene ring substituents is 1. The van der Waals surface area contributed by atoms with E-state index in [1.807, 2.05) is 43.3 Å². The summed E-state index contributed by atoms with van der Waals surface area (Å²) in [4.78, 5) is 22.9. The number of nitriles is 1. The summed E-state index contributed by atoms with van der Waals surface area (Å²) >= 11 is 0. The maximum atomic E-state index is 12.6. The largest absolute Gasteiger partial charge is 0.493 e. The van der Waals surface area contributed by atoms with Gasteiger partial charge in [0.1, 0.15) is 18.2 Å². The molecule has 1 atom stereocenters. The first kappa shape index (κ1) is 24.0. The summed E-state index contributed by atoms with van der Waals surface area (Å²) in [5.74, 6) is 0.404. The molecule has 8 nitrogen and oxygen atoms in total. The van der Waals surface area contributed by atoms with E-state index in [1.54, 1.807) is 30.3 Å². The standard InChI is InChI=1S/C26H23N3O5/c1-18(21-6-4-3-5-7-21)28-26(30)22(16-27)14-20-10-13-24(25(15-20)33-2)34-17-19-8-11-23(12-9-19)29(31)32/h3-15,18H,17H2,1-2H3,(H,28,30)/b22-14+/t18-/m0/s1. The third-order valence-corrected chi connectivity index (χ3v) is 5.05. The van der Waals surface area contributed by atoms with Crippen molar-refractivity contribution in [1.29, 1.82) is 5.26 Å². The maximum absolute atomic E-state index is 12.6. The van der Waals surface area contributed by atoms with E-state index in [4.69, 9.17) is 9.47 Å². The van der Waals surface area contributed by atoms with E-state index < -0.39 is 10.8 Å². The Morgan fingerprint density at radius 2 is 1.82 bits per heavy atom. The highest BCUT2D eigenvalue weighted by Gasteiger charge is 2.14. The molecule has 1 amide bonds. The first-order valence-corrected chi connectivity index (χ1v) is 10.4. The van der Waals surface area contributed by atoms with Crippen molar-refractivity contribution in [2.24, 2.45) is 0 Å². The van der Waals surface area contributed by atoms with Crippen LogP contribution in [0.3, 0.4) is 0 Å². The van der Waals surface area contributed by atoms with Gasteiger partial charge in [-0.1, -0.05) is 36.4 Å². The van der Waals surface area contributed by atoms with Crippen LogP contribution in [0.5, 0.6) is 11.5 Å². The molecule has 1 N–H and O–H groups in total. The number of hydrogen-bond donors (Lipinski definition) is 1. The lowest BCUT2D eigenvalue weighted by Crippen LogP contribution is -2.27. The highest BCUT2D eigenvalue weighted by atomic mass is 16.6. The smallest absolute Gasteiger partial charge is 0.269 e. The fraction of sp³-hybridized carbons (Fsp3) is 0.154. The molecule has 0 saturated heterocycles. The van der Waals surface area contributed by atoms with Gasteiger partial charge in [-0.15, -0.1) is 0 Å². The van der Waals surface area contributed by atoms with Gasteiger partial charge in [0.05, 0.1) is 18.1 Å². The van der Waals surface area contributed by atoms with E-state index in [0.717, 1.165) is 11.1 Å². The highest BCUT2D eigenvalue weighted by Crippen LogP contribution is 2.30. The number of methoxy groups -OCH3 is 1. The number of non-ortho nitro benzene ring substituents is 1. The molecule has 34 heavy (non-hydrogen) atoms. The van der Waals surface area contributed by atoms with Crippen molar-refractivity contribution < 1.29 is 19.2 Å². The molecule has 0 heterocycles. The van der Waals surface area contributed by atoms with Crippen molar-refractivity contribution >= 4 is 17.7 Å². The average Bonchev–Trinajstić information content (AvgIpc) is 2.86. The summed E-state index contributed by atoms with van der Waals surface area (Å²) in [5.41, 5.74) is 2.26. The van der Waals surface area contributed by atoms with Crippen LogP contribution >= 0.6 is 0 Å². The second kappa shape index (κ2) is 11.3.